The highest BCUT2D eigenvalue weighted by Gasteiger charge is 2.23. The van der Waals surface area contributed by atoms with E-state index >= 15 is 0 Å². The Bertz CT molecular complexity index is 820. The first-order chi connectivity index (χ1) is 13.4. The van der Waals surface area contributed by atoms with Gasteiger partial charge in [0.15, 0.2) is 5.75 Å². The van der Waals surface area contributed by atoms with Crippen LogP contribution in [-0.2, 0) is 6.54 Å². The van der Waals surface area contributed by atoms with Crippen molar-refractivity contribution >= 4 is 6.09 Å². The number of hydrogen-bond acceptors (Lipinski definition) is 5. The van der Waals surface area contributed by atoms with E-state index < -0.39 is 11.9 Å². The minimum atomic E-state index is -0.532. The summed E-state index contributed by atoms with van der Waals surface area (Å²) >= 11 is 0. The standard InChI is InChI=1S/C21H26FN3O3/c1-15(2)27-19-5-4-17(16(3)10-19)14-24-6-8-25(9-7-24)21(26)28-20-11-18(22)12-23-13-20/h4-5,10-13,15H,6-9,14H2,1-3H3. The van der Waals surface area contributed by atoms with Crippen LogP contribution in [0.2, 0.25) is 0 Å². The average Bonchev–Trinajstić information content (AvgIpc) is 2.64. The number of pyridine rings is 1. The number of nitrogens with zero attached hydrogens (tertiary/aromatic N) is 3. The van der Waals surface area contributed by atoms with E-state index in [1.807, 2.05) is 19.9 Å². The first kappa shape index (κ1) is 20.1. The predicted molar refractivity (Wildman–Crippen MR) is 104 cm³/mol. The zero-order chi connectivity index (χ0) is 20.1. The van der Waals surface area contributed by atoms with Crippen LogP contribution in [0.5, 0.6) is 11.5 Å². The minimum absolute atomic E-state index is 0.117. The fourth-order valence-corrected chi connectivity index (χ4v) is 3.13. The number of ether oxygens (including phenoxy) is 2. The number of rotatable bonds is 5. The molecular weight excluding hydrogens is 361 g/mol. The Hall–Kier alpha value is -2.67. The summed E-state index contributed by atoms with van der Waals surface area (Å²) in [6.45, 7) is 9.56. The molecule has 0 N–H and O–H groups in total. The molecule has 1 fully saturated rings. The maximum Gasteiger partial charge on any atom is 0.415 e. The van der Waals surface area contributed by atoms with E-state index in [0.29, 0.717) is 13.1 Å². The molecule has 150 valence electrons. The second kappa shape index (κ2) is 9.01. The zero-order valence-electron chi connectivity index (χ0n) is 16.5. The van der Waals surface area contributed by atoms with Gasteiger partial charge in [0.1, 0.15) is 11.6 Å². The van der Waals surface area contributed by atoms with Crippen molar-refractivity contribution in [2.75, 3.05) is 26.2 Å². The van der Waals surface area contributed by atoms with E-state index in [-0.39, 0.29) is 11.9 Å². The summed E-state index contributed by atoms with van der Waals surface area (Å²) in [4.78, 5) is 19.9. The lowest BCUT2D eigenvalue weighted by Gasteiger charge is -2.34. The number of piperazine rings is 1. The highest BCUT2D eigenvalue weighted by Crippen LogP contribution is 2.20. The molecule has 0 bridgehead atoms. The molecule has 3 rings (SSSR count). The van der Waals surface area contributed by atoms with E-state index in [1.54, 1.807) is 4.90 Å². The molecule has 0 unspecified atom stereocenters. The van der Waals surface area contributed by atoms with Crippen LogP contribution in [0.4, 0.5) is 9.18 Å². The zero-order valence-corrected chi connectivity index (χ0v) is 16.5. The average molecular weight is 387 g/mol. The topological polar surface area (TPSA) is 54.9 Å². The van der Waals surface area contributed by atoms with E-state index in [9.17, 15) is 9.18 Å². The number of amides is 1. The molecule has 0 radical (unpaired) electrons. The van der Waals surface area contributed by atoms with Gasteiger partial charge in [0.25, 0.3) is 0 Å². The van der Waals surface area contributed by atoms with E-state index in [0.717, 1.165) is 37.6 Å². The molecule has 1 aliphatic heterocycles. The Balaban J connectivity index is 1.50. The molecule has 1 aromatic heterocycles. The van der Waals surface area contributed by atoms with Crippen LogP contribution in [0, 0.1) is 12.7 Å². The van der Waals surface area contributed by atoms with Crippen molar-refractivity contribution in [2.45, 2.75) is 33.4 Å². The highest BCUT2D eigenvalue weighted by atomic mass is 19.1. The molecule has 7 heteroatoms. The van der Waals surface area contributed by atoms with Crippen LogP contribution in [0.25, 0.3) is 0 Å². The Kier molecular flexibility index (Phi) is 6.46. The third kappa shape index (κ3) is 5.42. The van der Waals surface area contributed by atoms with Crippen molar-refractivity contribution in [3.05, 3.63) is 53.6 Å². The second-order valence-corrected chi connectivity index (χ2v) is 7.22. The van der Waals surface area contributed by atoms with Gasteiger partial charge in [-0.05, 0) is 44.0 Å². The third-order valence-corrected chi connectivity index (χ3v) is 4.60. The third-order valence-electron chi connectivity index (χ3n) is 4.60. The number of hydrogen-bond donors (Lipinski definition) is 0. The van der Waals surface area contributed by atoms with Gasteiger partial charge >= 0.3 is 6.09 Å². The fraction of sp³-hybridized carbons (Fsp3) is 0.429. The maximum absolute atomic E-state index is 13.2. The molecule has 0 spiro atoms. The van der Waals surface area contributed by atoms with Crippen LogP contribution < -0.4 is 9.47 Å². The summed E-state index contributed by atoms with van der Waals surface area (Å²) in [7, 11) is 0. The number of carbonyl (C=O) groups excluding carboxylic acids is 1. The molecule has 1 aliphatic rings. The lowest BCUT2D eigenvalue weighted by atomic mass is 10.1. The van der Waals surface area contributed by atoms with Gasteiger partial charge in [-0.2, -0.15) is 0 Å². The molecule has 28 heavy (non-hydrogen) atoms. The minimum Gasteiger partial charge on any atom is -0.491 e. The highest BCUT2D eigenvalue weighted by molar-refractivity contribution is 5.70. The molecule has 6 nitrogen and oxygen atoms in total. The summed E-state index contributed by atoms with van der Waals surface area (Å²) in [6.07, 6.45) is 2.08. The van der Waals surface area contributed by atoms with Crippen molar-refractivity contribution in [3.8, 4) is 11.5 Å². The van der Waals surface area contributed by atoms with Gasteiger partial charge in [0.05, 0.1) is 18.5 Å². The number of carbonyl (C=O) groups is 1. The number of halogens is 1. The molecule has 0 aliphatic carbocycles. The van der Waals surface area contributed by atoms with Gasteiger partial charge in [-0.25, -0.2) is 9.18 Å². The first-order valence-corrected chi connectivity index (χ1v) is 9.46. The number of benzene rings is 1. The van der Waals surface area contributed by atoms with Crippen LogP contribution >= 0.6 is 0 Å². The van der Waals surface area contributed by atoms with Crippen molar-refractivity contribution in [3.63, 3.8) is 0 Å². The molecular formula is C21H26FN3O3. The lowest BCUT2D eigenvalue weighted by Crippen LogP contribution is -2.49. The van der Waals surface area contributed by atoms with E-state index in [4.69, 9.17) is 9.47 Å². The Morgan fingerprint density at radius 2 is 1.89 bits per heavy atom. The van der Waals surface area contributed by atoms with Crippen molar-refractivity contribution in [1.29, 1.82) is 0 Å². The molecule has 1 aromatic carbocycles. The second-order valence-electron chi connectivity index (χ2n) is 7.22. The summed E-state index contributed by atoms with van der Waals surface area (Å²) < 4.78 is 24.1. The van der Waals surface area contributed by atoms with Gasteiger partial charge in [-0.3, -0.25) is 9.88 Å². The molecule has 0 atom stereocenters. The Morgan fingerprint density at radius 1 is 1.14 bits per heavy atom. The maximum atomic E-state index is 13.2. The molecule has 2 heterocycles. The van der Waals surface area contributed by atoms with Crippen LogP contribution in [-0.4, -0.2) is 53.2 Å². The van der Waals surface area contributed by atoms with Crippen LogP contribution in [0.15, 0.2) is 36.7 Å². The fourth-order valence-electron chi connectivity index (χ4n) is 3.13. The van der Waals surface area contributed by atoms with Gasteiger partial charge in [0.2, 0.25) is 0 Å². The Morgan fingerprint density at radius 3 is 2.54 bits per heavy atom. The van der Waals surface area contributed by atoms with Gasteiger partial charge in [-0.15, -0.1) is 0 Å². The molecule has 1 amide bonds. The molecule has 1 saturated heterocycles. The van der Waals surface area contributed by atoms with Gasteiger partial charge < -0.3 is 14.4 Å². The number of aryl methyl sites for hydroxylation is 1. The molecule has 0 saturated carbocycles. The number of aromatic nitrogens is 1. The van der Waals surface area contributed by atoms with Crippen molar-refractivity contribution in [1.82, 2.24) is 14.8 Å². The predicted octanol–water partition coefficient (Wildman–Crippen LogP) is 3.63. The molecule has 2 aromatic rings. The summed E-state index contributed by atoms with van der Waals surface area (Å²) in [5, 5.41) is 0. The van der Waals surface area contributed by atoms with Crippen LogP contribution in [0.1, 0.15) is 25.0 Å². The SMILES string of the molecule is Cc1cc(OC(C)C)ccc1CN1CCN(C(=O)Oc2cncc(F)c2)CC1. The Labute approximate surface area is 164 Å². The van der Waals surface area contributed by atoms with E-state index in [2.05, 4.69) is 28.9 Å². The smallest absolute Gasteiger partial charge is 0.415 e. The lowest BCUT2D eigenvalue weighted by molar-refractivity contribution is 0.107. The van der Waals surface area contributed by atoms with Crippen molar-refractivity contribution in [2.24, 2.45) is 0 Å². The summed E-state index contributed by atoms with van der Waals surface area (Å²) in [5.41, 5.74) is 2.44. The summed E-state index contributed by atoms with van der Waals surface area (Å²) in [6, 6.07) is 7.32. The van der Waals surface area contributed by atoms with Gasteiger partial charge in [0, 0.05) is 38.8 Å². The van der Waals surface area contributed by atoms with E-state index in [1.165, 1.54) is 17.3 Å². The quantitative estimate of drug-likeness (QED) is 0.784. The van der Waals surface area contributed by atoms with Gasteiger partial charge in [-0.1, -0.05) is 6.07 Å². The monoisotopic (exact) mass is 387 g/mol. The first-order valence-electron chi connectivity index (χ1n) is 9.46. The summed E-state index contributed by atoms with van der Waals surface area (Å²) in [5.74, 6) is 0.470. The largest absolute Gasteiger partial charge is 0.491 e. The van der Waals surface area contributed by atoms with Crippen LogP contribution in [0.3, 0.4) is 0 Å². The normalized spacial score (nSPS) is 15.0. The van der Waals surface area contributed by atoms with Crippen molar-refractivity contribution < 1.29 is 18.7 Å².